The average Bonchev–Trinajstić information content (AvgIpc) is 0. The largest absolute Gasteiger partial charge is 3.00 e. The molecule has 1 radical (unpaired) electrons. The van der Waals surface area contributed by atoms with Crippen LogP contribution in [0.25, 0.3) is 0 Å². The normalized spacial score (nSPS) is 0. The van der Waals surface area contributed by atoms with Gasteiger partial charge in [-0.05, 0) is 0 Å². The van der Waals surface area contributed by atoms with Crippen molar-refractivity contribution in [1.29, 1.82) is 0 Å². The van der Waals surface area contributed by atoms with E-state index in [2.05, 4.69) is 0 Å². The molecule has 0 aromatic rings. The standard InChI is InChI=1S/7FH.Gd.Li.Pr/h7*1H;;;/q;;;;;;;+3;+1;+3/p-7. The monoisotopic (exact) mass is 439 g/mol. The molecule has 0 aliphatic rings. The van der Waals surface area contributed by atoms with Gasteiger partial charge in [-0.3, -0.25) is 0 Å². The van der Waals surface area contributed by atoms with Gasteiger partial charge in [0, 0.05) is 0 Å². The number of hydrogen-bond donors (Lipinski definition) is 0. The van der Waals surface area contributed by atoms with E-state index < -0.39 is 0 Å². The molecular weight excluding hydrogens is 438 g/mol. The third kappa shape index (κ3) is 133. The molecule has 0 saturated heterocycles. The predicted octanol–water partition coefficient (Wildman–Crippen LogP) is -24.0. The second-order valence-corrected chi connectivity index (χ2v) is 0. The minimum absolute atomic E-state index is 0. The van der Waals surface area contributed by atoms with Crippen LogP contribution < -0.4 is 51.8 Å². The van der Waals surface area contributed by atoms with E-state index in [1.165, 1.54) is 0 Å². The molecular formula is F7GdLiPr. The molecule has 0 nitrogen and oxygen atoms in total. The van der Waals surface area contributed by atoms with Crippen molar-refractivity contribution in [3.63, 3.8) is 0 Å². The first-order valence-corrected chi connectivity index (χ1v) is 0. The molecule has 0 bridgehead atoms. The van der Waals surface area contributed by atoms with Crippen molar-refractivity contribution in [3.05, 3.63) is 0 Å². The Hall–Kier alpha value is 2.80. The first kappa shape index (κ1) is 228. The summed E-state index contributed by atoms with van der Waals surface area (Å²) in [4.78, 5) is 0. The quantitative estimate of drug-likeness (QED) is 0.261. The number of hydrogen-bond acceptors (Lipinski definition) is 0. The number of halogens is 7. The number of rotatable bonds is 0. The van der Waals surface area contributed by atoms with Gasteiger partial charge < -0.3 is 32.9 Å². The molecule has 0 unspecified atom stereocenters. The van der Waals surface area contributed by atoms with Gasteiger partial charge in [0.2, 0.25) is 0 Å². The van der Waals surface area contributed by atoms with Crippen LogP contribution in [-0.2, 0) is 0 Å². The van der Waals surface area contributed by atoms with Gasteiger partial charge in [-0.2, -0.15) is 0 Å². The molecule has 0 amide bonds. The van der Waals surface area contributed by atoms with E-state index in [0.717, 1.165) is 0 Å². The Morgan fingerprint density at radius 2 is 0.400 bits per heavy atom. The van der Waals surface area contributed by atoms with E-state index in [-0.39, 0.29) is 133 Å². The van der Waals surface area contributed by atoms with E-state index in [1.54, 1.807) is 0 Å². The smallest absolute Gasteiger partial charge is 1.00 e. The zero-order valence-corrected chi connectivity index (χ0v) is 10.5. The molecule has 0 aromatic carbocycles. The topological polar surface area (TPSA) is 0 Å². The van der Waals surface area contributed by atoms with Crippen molar-refractivity contribution in [1.82, 2.24) is 0 Å². The SMILES string of the molecule is [F-].[F-].[F-].[F-].[F-].[F-].[F-].[Gd+3].[Li+].[Pr+3]. The fourth-order valence-electron chi connectivity index (χ4n) is 0. The summed E-state index contributed by atoms with van der Waals surface area (Å²) in [5.41, 5.74) is 0. The summed E-state index contributed by atoms with van der Waals surface area (Å²) in [6.45, 7) is 0. The van der Waals surface area contributed by atoms with Crippen LogP contribution in [-0.4, -0.2) is 0 Å². The van der Waals surface area contributed by atoms with Crippen molar-refractivity contribution in [2.75, 3.05) is 0 Å². The summed E-state index contributed by atoms with van der Waals surface area (Å²) in [5, 5.41) is 0. The molecule has 0 saturated carbocycles. The molecule has 0 aromatic heterocycles. The fraction of sp³-hybridized carbons (Fsp3) is 0. The third-order valence-corrected chi connectivity index (χ3v) is 0. The van der Waals surface area contributed by atoms with Crippen molar-refractivity contribution >= 4 is 0 Å². The summed E-state index contributed by atoms with van der Waals surface area (Å²) in [6, 6.07) is 0. The molecule has 0 spiro atoms. The Kier molecular flexibility index (Phi) is 4010. The van der Waals surface area contributed by atoms with Gasteiger partial charge in [0.15, 0.2) is 0 Å². The predicted molar refractivity (Wildman–Crippen MR) is 0 cm³/mol. The van der Waals surface area contributed by atoms with Gasteiger partial charge in [0.25, 0.3) is 0 Å². The van der Waals surface area contributed by atoms with E-state index in [0.29, 0.717) is 0 Å². The molecule has 0 aliphatic heterocycles. The van der Waals surface area contributed by atoms with Gasteiger partial charge in [0.1, 0.15) is 0 Å². The molecule has 61 valence electrons. The maximum atomic E-state index is 0. The molecule has 0 aliphatic carbocycles. The zero-order valence-electron chi connectivity index (χ0n) is 4.58. The maximum absolute atomic E-state index is 0. The Morgan fingerprint density at radius 1 is 0.400 bits per heavy atom. The molecule has 10 heavy (non-hydrogen) atoms. The third-order valence-electron chi connectivity index (χ3n) is 0. The van der Waals surface area contributed by atoms with Crippen molar-refractivity contribution in [3.8, 4) is 0 Å². The second-order valence-electron chi connectivity index (χ2n) is 0. The van der Waals surface area contributed by atoms with Crippen LogP contribution in [0.15, 0.2) is 0 Å². The molecule has 0 fully saturated rings. The first-order valence-electron chi connectivity index (χ1n) is 0. The van der Waals surface area contributed by atoms with Crippen LogP contribution in [0.5, 0.6) is 0 Å². The van der Waals surface area contributed by atoms with Gasteiger partial charge in [-0.15, -0.1) is 0 Å². The molecule has 10 heteroatoms. The summed E-state index contributed by atoms with van der Waals surface area (Å²) < 4.78 is 0. The summed E-state index contributed by atoms with van der Waals surface area (Å²) in [7, 11) is 0. The minimum atomic E-state index is 0. The van der Waals surface area contributed by atoms with E-state index in [9.17, 15) is 0 Å². The molecule has 0 N–H and O–H groups in total. The summed E-state index contributed by atoms with van der Waals surface area (Å²) >= 11 is 0. The maximum Gasteiger partial charge on any atom is 3.00 e. The van der Waals surface area contributed by atoms with Gasteiger partial charge >= 0.3 is 100 Å². The molecule has 0 atom stereocenters. The Bertz CT molecular complexity index is 13.6. The van der Waals surface area contributed by atoms with Crippen LogP contribution in [0.2, 0.25) is 0 Å². The Labute approximate surface area is 130 Å². The van der Waals surface area contributed by atoms with Crippen LogP contribution in [0.1, 0.15) is 0 Å². The summed E-state index contributed by atoms with van der Waals surface area (Å²) in [5.74, 6) is 0. The van der Waals surface area contributed by atoms with Gasteiger partial charge in [-0.25, -0.2) is 0 Å². The van der Waals surface area contributed by atoms with E-state index in [4.69, 9.17) is 0 Å². The Balaban J connectivity index is 0. The van der Waals surface area contributed by atoms with Crippen LogP contribution in [0.3, 0.4) is 0 Å². The fourth-order valence-corrected chi connectivity index (χ4v) is 0. The van der Waals surface area contributed by atoms with Gasteiger partial charge in [-0.1, -0.05) is 0 Å². The zero-order chi connectivity index (χ0) is 0. The Morgan fingerprint density at radius 3 is 0.400 bits per heavy atom. The van der Waals surface area contributed by atoms with Crippen LogP contribution in [0, 0.1) is 81.2 Å². The minimum Gasteiger partial charge on any atom is -1.00 e. The van der Waals surface area contributed by atoms with Crippen molar-refractivity contribution in [2.24, 2.45) is 0 Å². The molecule has 0 heterocycles. The summed E-state index contributed by atoms with van der Waals surface area (Å²) in [6.07, 6.45) is 0. The van der Waals surface area contributed by atoms with E-state index >= 15 is 0 Å². The average molecular weight is 438 g/mol. The van der Waals surface area contributed by atoms with Crippen LogP contribution in [0.4, 0.5) is 0 Å². The van der Waals surface area contributed by atoms with Crippen LogP contribution >= 0.6 is 0 Å². The van der Waals surface area contributed by atoms with Crippen molar-refractivity contribution in [2.45, 2.75) is 0 Å². The van der Waals surface area contributed by atoms with E-state index in [1.807, 2.05) is 0 Å². The van der Waals surface area contributed by atoms with Gasteiger partial charge in [0.05, 0.1) is 0 Å². The first-order chi connectivity index (χ1) is 0. The molecule has 0 rings (SSSR count). The second kappa shape index (κ2) is 176. The van der Waals surface area contributed by atoms with Crippen molar-refractivity contribution < 1.29 is 133 Å².